The first-order valence-corrected chi connectivity index (χ1v) is 8.36. The van der Waals surface area contributed by atoms with Gasteiger partial charge in [0, 0.05) is 25.9 Å². The van der Waals surface area contributed by atoms with Gasteiger partial charge in [-0.3, -0.25) is 4.79 Å². The highest BCUT2D eigenvalue weighted by molar-refractivity contribution is 5.85. The molecule has 5 nitrogen and oxygen atoms in total. The molecule has 144 valence electrons. The van der Waals surface area contributed by atoms with Crippen LogP contribution in [0.4, 0.5) is 4.39 Å². The Morgan fingerprint density at radius 2 is 2.12 bits per heavy atom. The number of rotatable bonds is 6. The molecular weight excluding hydrogens is 378 g/mol. The van der Waals surface area contributed by atoms with E-state index in [1.54, 1.807) is 18.3 Å². The molecule has 1 aromatic heterocycles. The van der Waals surface area contributed by atoms with Crippen LogP contribution in [0.3, 0.4) is 0 Å². The van der Waals surface area contributed by atoms with Crippen LogP contribution in [0.2, 0.25) is 0 Å². The number of nitrogens with zero attached hydrogens (tertiary/aromatic N) is 2. The van der Waals surface area contributed by atoms with Gasteiger partial charge in [0.05, 0.1) is 0 Å². The minimum Gasteiger partial charge on any atom is -0.342 e. The third kappa shape index (κ3) is 5.69. The Kier molecular flexibility index (Phi) is 9.05. The number of nitrogens with one attached hydrogen (secondary N) is 2. The van der Waals surface area contributed by atoms with Crippen molar-refractivity contribution in [2.45, 2.75) is 25.3 Å². The van der Waals surface area contributed by atoms with Crippen LogP contribution in [0.5, 0.6) is 0 Å². The highest BCUT2D eigenvalue weighted by Gasteiger charge is 2.22. The third-order valence-corrected chi connectivity index (χ3v) is 4.57. The molecule has 8 heteroatoms. The van der Waals surface area contributed by atoms with Crippen LogP contribution in [-0.2, 0) is 11.8 Å². The zero-order chi connectivity index (χ0) is 16.9. The first-order chi connectivity index (χ1) is 11.6. The summed E-state index contributed by atoms with van der Waals surface area (Å²) in [5.41, 5.74) is 0.821. The SMILES string of the molecule is Cl.Cl.Cn1ccnc1C(NC(=O)CCC1CCNC1)c1ccc(F)cc1. The summed E-state index contributed by atoms with van der Waals surface area (Å²) < 4.78 is 15.1. The zero-order valence-corrected chi connectivity index (χ0v) is 16.3. The van der Waals surface area contributed by atoms with Crippen molar-refractivity contribution in [1.82, 2.24) is 20.2 Å². The summed E-state index contributed by atoms with van der Waals surface area (Å²) in [5, 5.41) is 6.37. The minimum absolute atomic E-state index is 0. The Bertz CT molecular complexity index is 687. The minimum atomic E-state index is -0.375. The third-order valence-electron chi connectivity index (χ3n) is 4.57. The lowest BCUT2D eigenvalue weighted by Gasteiger charge is -2.19. The fraction of sp³-hybridized carbons (Fsp3) is 0.444. The topological polar surface area (TPSA) is 59.0 Å². The van der Waals surface area contributed by atoms with Gasteiger partial charge in [0.1, 0.15) is 17.7 Å². The lowest BCUT2D eigenvalue weighted by molar-refractivity contribution is -0.121. The standard InChI is InChI=1S/C18H23FN4O.2ClH/c1-23-11-10-21-18(23)17(14-3-5-15(19)6-4-14)22-16(24)7-2-13-8-9-20-12-13;;/h3-6,10-11,13,17,20H,2,7-9,12H2,1H3,(H,22,24);2*1H. The molecule has 26 heavy (non-hydrogen) atoms. The number of hydrogen-bond acceptors (Lipinski definition) is 3. The average Bonchev–Trinajstić information content (AvgIpc) is 3.23. The van der Waals surface area contributed by atoms with Crippen molar-refractivity contribution < 1.29 is 9.18 Å². The quantitative estimate of drug-likeness (QED) is 0.780. The van der Waals surface area contributed by atoms with Gasteiger partial charge in [-0.2, -0.15) is 0 Å². The molecule has 0 saturated carbocycles. The summed E-state index contributed by atoms with van der Waals surface area (Å²) in [6, 6.07) is 5.81. The Morgan fingerprint density at radius 3 is 2.69 bits per heavy atom. The fourth-order valence-electron chi connectivity index (χ4n) is 3.14. The maximum absolute atomic E-state index is 13.2. The molecule has 1 amide bonds. The number of hydrogen-bond donors (Lipinski definition) is 2. The summed E-state index contributed by atoms with van der Waals surface area (Å²) in [6.45, 7) is 2.03. The molecule has 0 bridgehead atoms. The number of carbonyl (C=O) groups is 1. The summed E-state index contributed by atoms with van der Waals surface area (Å²) >= 11 is 0. The van der Waals surface area contributed by atoms with E-state index in [1.807, 2.05) is 17.8 Å². The van der Waals surface area contributed by atoms with Gasteiger partial charge in [-0.1, -0.05) is 12.1 Å². The Morgan fingerprint density at radius 1 is 1.38 bits per heavy atom. The van der Waals surface area contributed by atoms with E-state index >= 15 is 0 Å². The van der Waals surface area contributed by atoms with Gasteiger partial charge in [-0.15, -0.1) is 24.8 Å². The molecule has 1 aromatic carbocycles. The number of carbonyl (C=O) groups excluding carboxylic acids is 1. The summed E-state index contributed by atoms with van der Waals surface area (Å²) in [5.74, 6) is 1.02. The predicted octanol–water partition coefficient (Wildman–Crippen LogP) is 3.00. The van der Waals surface area contributed by atoms with Gasteiger partial charge < -0.3 is 15.2 Å². The molecule has 1 saturated heterocycles. The molecule has 1 aliphatic rings. The highest BCUT2D eigenvalue weighted by atomic mass is 35.5. The van der Waals surface area contributed by atoms with Crippen LogP contribution >= 0.6 is 24.8 Å². The Balaban J connectivity index is 0.00000169. The number of benzene rings is 1. The van der Waals surface area contributed by atoms with Gasteiger partial charge in [0.15, 0.2) is 0 Å². The number of aryl methyl sites for hydroxylation is 1. The smallest absolute Gasteiger partial charge is 0.220 e. The first kappa shape index (κ1) is 22.4. The second-order valence-electron chi connectivity index (χ2n) is 6.35. The van der Waals surface area contributed by atoms with Crippen LogP contribution < -0.4 is 10.6 Å². The van der Waals surface area contributed by atoms with Crippen molar-refractivity contribution in [3.8, 4) is 0 Å². The first-order valence-electron chi connectivity index (χ1n) is 8.36. The monoisotopic (exact) mass is 402 g/mol. The lowest BCUT2D eigenvalue weighted by Crippen LogP contribution is -2.31. The van der Waals surface area contributed by atoms with E-state index in [0.717, 1.165) is 37.3 Å². The number of aromatic nitrogens is 2. The van der Waals surface area contributed by atoms with E-state index < -0.39 is 0 Å². The van der Waals surface area contributed by atoms with Crippen molar-refractivity contribution >= 4 is 30.7 Å². The maximum Gasteiger partial charge on any atom is 0.220 e. The van der Waals surface area contributed by atoms with E-state index in [4.69, 9.17) is 0 Å². The second kappa shape index (κ2) is 10.5. The molecule has 2 aromatic rings. The van der Waals surface area contributed by atoms with Crippen molar-refractivity contribution in [1.29, 1.82) is 0 Å². The molecule has 0 spiro atoms. The van der Waals surface area contributed by atoms with Crippen molar-refractivity contribution in [2.24, 2.45) is 13.0 Å². The van der Waals surface area contributed by atoms with E-state index in [9.17, 15) is 9.18 Å². The van der Waals surface area contributed by atoms with E-state index in [1.165, 1.54) is 12.1 Å². The van der Waals surface area contributed by atoms with Crippen LogP contribution in [0.15, 0.2) is 36.7 Å². The van der Waals surface area contributed by atoms with Crippen LogP contribution in [-0.4, -0.2) is 28.5 Å². The number of amides is 1. The molecule has 3 rings (SSSR count). The van der Waals surface area contributed by atoms with Gasteiger partial charge in [0.25, 0.3) is 0 Å². The summed E-state index contributed by atoms with van der Waals surface area (Å²) in [4.78, 5) is 16.8. The normalized spacial score (nSPS) is 17.1. The lowest BCUT2D eigenvalue weighted by atomic mass is 10.0. The van der Waals surface area contributed by atoms with Crippen LogP contribution in [0.25, 0.3) is 0 Å². The highest BCUT2D eigenvalue weighted by Crippen LogP contribution is 2.22. The van der Waals surface area contributed by atoms with E-state index in [-0.39, 0.29) is 42.6 Å². The number of halogens is 3. The average molecular weight is 403 g/mol. The molecule has 0 aliphatic carbocycles. The van der Waals surface area contributed by atoms with E-state index in [0.29, 0.717) is 12.3 Å². The summed E-state index contributed by atoms with van der Waals surface area (Å²) in [7, 11) is 1.88. The van der Waals surface area contributed by atoms with Crippen molar-refractivity contribution in [3.63, 3.8) is 0 Å². The second-order valence-corrected chi connectivity index (χ2v) is 6.35. The van der Waals surface area contributed by atoms with Gasteiger partial charge in [-0.05, 0) is 49.5 Å². The number of imidazole rings is 1. The Labute approximate surface area is 165 Å². The summed E-state index contributed by atoms with van der Waals surface area (Å²) in [6.07, 6.45) is 6.04. The largest absolute Gasteiger partial charge is 0.342 e. The maximum atomic E-state index is 13.2. The molecule has 0 radical (unpaired) electrons. The van der Waals surface area contributed by atoms with Gasteiger partial charge in [-0.25, -0.2) is 9.37 Å². The molecule has 2 atom stereocenters. The molecular formula is C18H25Cl2FN4O. The molecule has 2 N–H and O–H groups in total. The Hall–Kier alpha value is -1.63. The predicted molar refractivity (Wildman–Crippen MR) is 104 cm³/mol. The van der Waals surface area contributed by atoms with E-state index in [2.05, 4.69) is 15.6 Å². The van der Waals surface area contributed by atoms with Crippen LogP contribution in [0, 0.1) is 11.7 Å². The van der Waals surface area contributed by atoms with Gasteiger partial charge in [0.2, 0.25) is 5.91 Å². The molecule has 1 aliphatic heterocycles. The molecule has 2 unspecified atom stereocenters. The van der Waals surface area contributed by atoms with Gasteiger partial charge >= 0.3 is 0 Å². The molecule has 1 fully saturated rings. The van der Waals surface area contributed by atoms with Crippen molar-refractivity contribution in [2.75, 3.05) is 13.1 Å². The fourth-order valence-corrected chi connectivity index (χ4v) is 3.14. The van der Waals surface area contributed by atoms with Crippen LogP contribution in [0.1, 0.15) is 36.7 Å². The van der Waals surface area contributed by atoms with Crippen molar-refractivity contribution in [3.05, 3.63) is 53.9 Å². The molecule has 2 heterocycles. The zero-order valence-electron chi connectivity index (χ0n) is 14.7.